The molecule has 11 heteroatoms. The molecule has 216 valence electrons. The van der Waals surface area contributed by atoms with Gasteiger partial charge in [-0.2, -0.15) is 0 Å². The Balaban J connectivity index is 0.000000311. The summed E-state index contributed by atoms with van der Waals surface area (Å²) >= 11 is 1.40. The third-order valence-corrected chi connectivity index (χ3v) is 7.08. The molecule has 3 aliphatic rings. The molecule has 0 spiro atoms. The van der Waals surface area contributed by atoms with Crippen molar-refractivity contribution in [3.8, 4) is 17.6 Å². The molecule has 1 aromatic carbocycles. The summed E-state index contributed by atoms with van der Waals surface area (Å²) in [6, 6.07) is 4.26. The highest BCUT2D eigenvalue weighted by Crippen LogP contribution is 2.32. The first-order valence-electron chi connectivity index (χ1n) is 13.4. The summed E-state index contributed by atoms with van der Waals surface area (Å²) in [5, 5.41) is 17.5. The van der Waals surface area contributed by atoms with E-state index in [0.29, 0.717) is 18.8 Å². The molecule has 0 saturated carbocycles. The predicted molar refractivity (Wildman–Crippen MR) is 158 cm³/mol. The van der Waals surface area contributed by atoms with Gasteiger partial charge >= 0.3 is 6.03 Å². The summed E-state index contributed by atoms with van der Waals surface area (Å²) in [6.45, 7) is 10.4. The summed E-state index contributed by atoms with van der Waals surface area (Å²) in [7, 11) is 3.40. The molecule has 40 heavy (non-hydrogen) atoms. The zero-order valence-electron chi connectivity index (χ0n) is 24.0. The summed E-state index contributed by atoms with van der Waals surface area (Å²) in [5.74, 6) is 6.60. The number of benzene rings is 1. The lowest BCUT2D eigenvalue weighted by molar-refractivity contribution is -0.119. The smallest absolute Gasteiger partial charge is 0.322 e. The van der Waals surface area contributed by atoms with Crippen LogP contribution in [0.1, 0.15) is 62.9 Å². The number of methoxy groups -OCH3 is 1. The number of amidine groups is 1. The predicted octanol–water partition coefficient (Wildman–Crippen LogP) is 4.32. The largest absolute Gasteiger partial charge is 0.497 e. The SMILES string of the molecule is CC.CCCCN(CC)/C(=N/O)C1=CCC=C(C#CC2NC(=O)NC2=O)S1.COc1ccc2c(c1)C(=O)N(C)C2. The second kappa shape index (κ2) is 16.3. The van der Waals surface area contributed by atoms with Crippen LogP contribution >= 0.6 is 11.8 Å². The Labute approximate surface area is 240 Å². The molecule has 3 heterocycles. The number of thioether (sulfide) groups is 1. The van der Waals surface area contributed by atoms with Crippen molar-refractivity contribution in [1.82, 2.24) is 20.4 Å². The van der Waals surface area contributed by atoms with E-state index in [-0.39, 0.29) is 5.91 Å². The van der Waals surface area contributed by atoms with Gasteiger partial charge in [0, 0.05) is 32.2 Å². The van der Waals surface area contributed by atoms with Crippen molar-refractivity contribution in [1.29, 1.82) is 0 Å². The van der Waals surface area contributed by atoms with Gasteiger partial charge < -0.3 is 25.1 Å². The van der Waals surface area contributed by atoms with E-state index in [4.69, 9.17) is 4.74 Å². The van der Waals surface area contributed by atoms with Gasteiger partial charge in [-0.05, 0) is 37.5 Å². The van der Waals surface area contributed by atoms with Crippen LogP contribution < -0.4 is 15.4 Å². The highest BCUT2D eigenvalue weighted by atomic mass is 32.2. The molecule has 10 nitrogen and oxygen atoms in total. The number of carbonyl (C=O) groups is 3. The fourth-order valence-electron chi connectivity index (χ4n) is 3.93. The van der Waals surface area contributed by atoms with Crippen LogP contribution in [0.15, 0.2) is 45.3 Å². The number of ether oxygens (including phenoxy) is 1. The van der Waals surface area contributed by atoms with E-state index in [1.807, 2.05) is 50.0 Å². The number of unbranched alkanes of at least 4 members (excludes halogenated alkanes) is 1. The van der Waals surface area contributed by atoms with Crippen molar-refractivity contribution < 1.29 is 24.3 Å². The standard InChI is InChI=1S/C17H22N4O3S.C10H11NO2.C2H6/c1-3-5-11-21(4-2)15(20-24)14-8-6-7-12(25-14)9-10-13-16(22)19-17(23)18-13;1-11-6-7-3-4-8(13-2)5-9(7)10(11)12;1-2/h7-8,13,24H,3-6,11H2,1-2H3,(H2,18,19,22,23);3-5H,6H2,1-2H3;1-2H3/b20-15+;;. The molecule has 4 rings (SSSR count). The Morgan fingerprint density at radius 3 is 2.60 bits per heavy atom. The number of oxime groups is 1. The molecule has 3 aliphatic heterocycles. The van der Waals surface area contributed by atoms with Gasteiger partial charge in [0.15, 0.2) is 11.9 Å². The third kappa shape index (κ3) is 8.55. The Morgan fingerprint density at radius 1 is 1.25 bits per heavy atom. The van der Waals surface area contributed by atoms with Gasteiger partial charge in [0.2, 0.25) is 0 Å². The summed E-state index contributed by atoms with van der Waals surface area (Å²) in [5.41, 5.74) is 1.84. The molecule has 3 N–H and O–H groups in total. The van der Waals surface area contributed by atoms with Gasteiger partial charge in [-0.15, -0.1) is 0 Å². The molecule has 1 aromatic rings. The number of imide groups is 1. The van der Waals surface area contributed by atoms with Crippen LogP contribution in [-0.2, 0) is 11.3 Å². The second-order valence-corrected chi connectivity index (χ2v) is 9.76. The first-order valence-corrected chi connectivity index (χ1v) is 14.2. The number of allylic oxidation sites excluding steroid dienone is 3. The lowest BCUT2D eigenvalue weighted by atomic mass is 10.1. The molecule has 1 unspecified atom stereocenters. The molecule has 0 bridgehead atoms. The van der Waals surface area contributed by atoms with Crippen molar-refractivity contribution >= 4 is 35.4 Å². The van der Waals surface area contributed by atoms with Crippen LogP contribution in [-0.4, -0.2) is 72.0 Å². The maximum Gasteiger partial charge on any atom is 0.322 e. The Morgan fingerprint density at radius 2 is 2.00 bits per heavy atom. The number of carbonyl (C=O) groups excluding carboxylic acids is 3. The van der Waals surface area contributed by atoms with E-state index in [1.54, 1.807) is 25.1 Å². The molecule has 4 amide bonds. The van der Waals surface area contributed by atoms with E-state index < -0.39 is 18.0 Å². The van der Waals surface area contributed by atoms with Gasteiger partial charge in [-0.3, -0.25) is 14.9 Å². The minimum Gasteiger partial charge on any atom is -0.497 e. The number of fused-ring (bicyclic) bond motifs is 1. The molecule has 1 atom stereocenters. The fourth-order valence-corrected chi connectivity index (χ4v) is 4.90. The minimum atomic E-state index is -0.828. The van der Waals surface area contributed by atoms with Crippen molar-refractivity contribution in [2.45, 2.75) is 59.5 Å². The van der Waals surface area contributed by atoms with E-state index in [1.165, 1.54) is 11.8 Å². The Hall–Kier alpha value is -3.91. The second-order valence-electron chi connectivity index (χ2n) is 8.68. The lowest BCUT2D eigenvalue weighted by Gasteiger charge is -2.25. The number of nitrogens with one attached hydrogen (secondary N) is 2. The molecule has 1 fully saturated rings. The topological polar surface area (TPSA) is 124 Å². The lowest BCUT2D eigenvalue weighted by Crippen LogP contribution is -2.32. The molecule has 0 radical (unpaired) electrons. The molecule has 1 saturated heterocycles. The zero-order chi connectivity index (χ0) is 29.7. The van der Waals surface area contributed by atoms with Crippen LogP contribution in [0.2, 0.25) is 0 Å². The van der Waals surface area contributed by atoms with Crippen LogP contribution in [0.25, 0.3) is 0 Å². The Kier molecular flexibility index (Phi) is 13.1. The highest BCUT2D eigenvalue weighted by molar-refractivity contribution is 8.07. The maximum absolute atomic E-state index is 11.5. The maximum atomic E-state index is 11.5. The normalized spacial score (nSPS) is 17.4. The van der Waals surface area contributed by atoms with E-state index in [0.717, 1.165) is 52.6 Å². The first-order chi connectivity index (χ1) is 19.3. The van der Waals surface area contributed by atoms with Gasteiger partial charge in [0.25, 0.3) is 11.8 Å². The number of rotatable bonds is 6. The third-order valence-electron chi connectivity index (χ3n) is 6.02. The quantitative estimate of drug-likeness (QED) is 0.116. The fraction of sp³-hybridized carbons (Fsp3) is 0.448. The van der Waals surface area contributed by atoms with Gasteiger partial charge in [-0.1, -0.05) is 74.2 Å². The number of amides is 4. The number of urea groups is 1. The van der Waals surface area contributed by atoms with E-state index in [2.05, 4.69) is 34.6 Å². The number of hydrogen-bond donors (Lipinski definition) is 3. The average molecular weight is 570 g/mol. The van der Waals surface area contributed by atoms with Crippen LogP contribution in [0, 0.1) is 11.8 Å². The highest BCUT2D eigenvalue weighted by Gasteiger charge is 2.28. The number of likely N-dealkylation sites (N-methyl/N-ethyl adjacent to an activating group) is 1. The van der Waals surface area contributed by atoms with Crippen LogP contribution in [0.4, 0.5) is 4.79 Å². The summed E-state index contributed by atoms with van der Waals surface area (Å²) in [4.78, 5) is 39.5. The van der Waals surface area contributed by atoms with Crippen molar-refractivity contribution in [3.63, 3.8) is 0 Å². The number of hydrogen-bond acceptors (Lipinski definition) is 7. The van der Waals surface area contributed by atoms with Crippen LogP contribution in [0.3, 0.4) is 0 Å². The molecule has 0 aliphatic carbocycles. The van der Waals surface area contributed by atoms with E-state index >= 15 is 0 Å². The van der Waals surface area contributed by atoms with Crippen molar-refractivity contribution in [2.75, 3.05) is 27.2 Å². The molecular formula is C29H39N5O5S. The molecule has 0 aromatic heterocycles. The number of nitrogens with zero attached hydrogens (tertiary/aromatic N) is 3. The van der Waals surface area contributed by atoms with Crippen molar-refractivity contribution in [3.05, 3.63) is 51.3 Å². The zero-order valence-corrected chi connectivity index (χ0v) is 24.9. The van der Waals surface area contributed by atoms with Gasteiger partial charge in [0.05, 0.1) is 16.9 Å². The van der Waals surface area contributed by atoms with E-state index in [9.17, 15) is 19.6 Å². The first kappa shape index (κ1) is 32.3. The molecular weight excluding hydrogens is 530 g/mol. The van der Waals surface area contributed by atoms with Crippen LogP contribution in [0.5, 0.6) is 5.75 Å². The summed E-state index contributed by atoms with van der Waals surface area (Å²) in [6.07, 6.45) is 6.67. The average Bonchev–Trinajstić information content (AvgIpc) is 3.46. The monoisotopic (exact) mass is 569 g/mol. The minimum absolute atomic E-state index is 0.0777. The van der Waals surface area contributed by atoms with Gasteiger partial charge in [-0.25, -0.2) is 4.79 Å². The summed E-state index contributed by atoms with van der Waals surface area (Å²) < 4.78 is 5.05. The van der Waals surface area contributed by atoms with Gasteiger partial charge in [0.1, 0.15) is 5.75 Å². The Bertz CT molecular complexity index is 1230. The van der Waals surface area contributed by atoms with Crippen molar-refractivity contribution in [2.24, 2.45) is 5.16 Å².